The monoisotopic (exact) mass is 233 g/mol. The SMILES string of the molecule is COc1ccc(C=NN)cc1CN1CCCC1. The third-order valence-corrected chi connectivity index (χ3v) is 3.12. The molecule has 1 aromatic carbocycles. The van der Waals surface area contributed by atoms with Crippen molar-refractivity contribution in [3.8, 4) is 5.75 Å². The van der Waals surface area contributed by atoms with Crippen molar-refractivity contribution in [2.24, 2.45) is 10.9 Å². The van der Waals surface area contributed by atoms with Gasteiger partial charge in [-0.25, -0.2) is 0 Å². The summed E-state index contributed by atoms with van der Waals surface area (Å²) in [6.07, 6.45) is 4.26. The van der Waals surface area contributed by atoms with Gasteiger partial charge in [0.2, 0.25) is 0 Å². The van der Waals surface area contributed by atoms with Gasteiger partial charge in [0.25, 0.3) is 0 Å². The number of benzene rings is 1. The van der Waals surface area contributed by atoms with E-state index in [9.17, 15) is 0 Å². The van der Waals surface area contributed by atoms with Gasteiger partial charge in [-0.05, 0) is 49.7 Å². The first-order valence-electron chi connectivity index (χ1n) is 5.96. The topological polar surface area (TPSA) is 50.9 Å². The van der Waals surface area contributed by atoms with Crippen LogP contribution in [0.4, 0.5) is 0 Å². The molecule has 92 valence electrons. The molecule has 1 fully saturated rings. The van der Waals surface area contributed by atoms with Crippen LogP contribution in [0, 0.1) is 0 Å². The summed E-state index contributed by atoms with van der Waals surface area (Å²) < 4.78 is 5.39. The molecule has 2 N–H and O–H groups in total. The van der Waals surface area contributed by atoms with E-state index < -0.39 is 0 Å². The molecule has 1 aromatic rings. The fourth-order valence-corrected chi connectivity index (χ4v) is 2.27. The third kappa shape index (κ3) is 2.97. The van der Waals surface area contributed by atoms with Gasteiger partial charge in [-0.15, -0.1) is 0 Å². The van der Waals surface area contributed by atoms with E-state index in [-0.39, 0.29) is 0 Å². The molecular weight excluding hydrogens is 214 g/mol. The van der Waals surface area contributed by atoms with Gasteiger partial charge in [0, 0.05) is 12.1 Å². The molecule has 0 amide bonds. The molecule has 2 rings (SSSR count). The fraction of sp³-hybridized carbons (Fsp3) is 0.462. The molecule has 0 bridgehead atoms. The Labute approximate surface area is 102 Å². The van der Waals surface area contributed by atoms with Gasteiger partial charge in [-0.2, -0.15) is 5.10 Å². The van der Waals surface area contributed by atoms with Gasteiger partial charge in [0.1, 0.15) is 5.75 Å². The fourth-order valence-electron chi connectivity index (χ4n) is 2.27. The van der Waals surface area contributed by atoms with Crippen LogP contribution in [0.5, 0.6) is 5.75 Å². The van der Waals surface area contributed by atoms with E-state index >= 15 is 0 Å². The zero-order valence-corrected chi connectivity index (χ0v) is 10.2. The van der Waals surface area contributed by atoms with Crippen molar-refractivity contribution < 1.29 is 4.74 Å². The minimum absolute atomic E-state index is 0.936. The zero-order valence-electron chi connectivity index (χ0n) is 10.2. The van der Waals surface area contributed by atoms with Crippen molar-refractivity contribution in [3.63, 3.8) is 0 Å². The Bertz CT molecular complexity index is 398. The standard InChI is InChI=1S/C13H19N3O/c1-17-13-5-4-11(9-15-14)8-12(13)10-16-6-2-3-7-16/h4-5,8-9H,2-3,6-7,10,14H2,1H3. The maximum Gasteiger partial charge on any atom is 0.123 e. The predicted molar refractivity (Wildman–Crippen MR) is 69.3 cm³/mol. The molecular formula is C13H19N3O. The van der Waals surface area contributed by atoms with Crippen LogP contribution in [0.3, 0.4) is 0 Å². The van der Waals surface area contributed by atoms with E-state index in [0.717, 1.165) is 17.9 Å². The number of nitrogens with zero attached hydrogens (tertiary/aromatic N) is 2. The zero-order chi connectivity index (χ0) is 12.1. The molecule has 1 saturated heterocycles. The average Bonchev–Trinajstić information content (AvgIpc) is 2.83. The lowest BCUT2D eigenvalue weighted by Gasteiger charge is -2.17. The van der Waals surface area contributed by atoms with E-state index in [1.807, 2.05) is 12.1 Å². The van der Waals surface area contributed by atoms with Gasteiger partial charge in [0.15, 0.2) is 0 Å². The van der Waals surface area contributed by atoms with Gasteiger partial charge in [-0.3, -0.25) is 4.90 Å². The first kappa shape index (κ1) is 11.9. The van der Waals surface area contributed by atoms with Crippen LogP contribution < -0.4 is 10.6 Å². The highest BCUT2D eigenvalue weighted by atomic mass is 16.5. The van der Waals surface area contributed by atoms with Gasteiger partial charge >= 0.3 is 0 Å². The Hall–Kier alpha value is -1.55. The second kappa shape index (κ2) is 5.68. The summed E-state index contributed by atoms with van der Waals surface area (Å²) in [4.78, 5) is 2.45. The number of methoxy groups -OCH3 is 1. The quantitative estimate of drug-likeness (QED) is 0.488. The molecule has 0 atom stereocenters. The number of ether oxygens (including phenoxy) is 1. The molecule has 1 aliphatic rings. The van der Waals surface area contributed by atoms with E-state index in [2.05, 4.69) is 16.1 Å². The van der Waals surface area contributed by atoms with E-state index in [1.54, 1.807) is 13.3 Å². The van der Waals surface area contributed by atoms with Crippen LogP contribution in [0.15, 0.2) is 23.3 Å². The van der Waals surface area contributed by atoms with E-state index in [0.29, 0.717) is 0 Å². The Morgan fingerprint density at radius 2 is 2.18 bits per heavy atom. The van der Waals surface area contributed by atoms with Crippen LogP contribution in [0.25, 0.3) is 0 Å². The molecule has 0 aromatic heterocycles. The summed E-state index contributed by atoms with van der Waals surface area (Å²) in [6, 6.07) is 6.03. The van der Waals surface area contributed by atoms with Crippen LogP contribution >= 0.6 is 0 Å². The maximum absolute atomic E-state index is 5.39. The van der Waals surface area contributed by atoms with Gasteiger partial charge in [0.05, 0.1) is 13.3 Å². The second-order valence-corrected chi connectivity index (χ2v) is 4.33. The predicted octanol–water partition coefficient (Wildman–Crippen LogP) is 1.58. The highest BCUT2D eigenvalue weighted by molar-refractivity contribution is 5.80. The molecule has 0 unspecified atom stereocenters. The highest BCUT2D eigenvalue weighted by Gasteiger charge is 2.14. The molecule has 4 heteroatoms. The normalized spacial score (nSPS) is 16.8. The molecule has 0 aliphatic carbocycles. The minimum atomic E-state index is 0.936. The lowest BCUT2D eigenvalue weighted by atomic mass is 10.1. The average molecular weight is 233 g/mol. The summed E-state index contributed by atoms with van der Waals surface area (Å²) >= 11 is 0. The molecule has 1 heterocycles. The molecule has 0 saturated carbocycles. The lowest BCUT2D eigenvalue weighted by Crippen LogP contribution is -2.18. The number of hydrazone groups is 1. The minimum Gasteiger partial charge on any atom is -0.496 e. The maximum atomic E-state index is 5.39. The number of rotatable bonds is 4. The number of nitrogens with two attached hydrogens (primary N) is 1. The molecule has 4 nitrogen and oxygen atoms in total. The smallest absolute Gasteiger partial charge is 0.123 e. The molecule has 1 aliphatic heterocycles. The summed E-state index contributed by atoms with van der Waals surface area (Å²) in [5.41, 5.74) is 2.22. The molecule has 0 spiro atoms. The lowest BCUT2D eigenvalue weighted by molar-refractivity contribution is 0.321. The number of hydrogen-bond acceptors (Lipinski definition) is 4. The van der Waals surface area contributed by atoms with Crippen LogP contribution in [-0.4, -0.2) is 31.3 Å². The first-order valence-corrected chi connectivity index (χ1v) is 5.96. The highest BCUT2D eigenvalue weighted by Crippen LogP contribution is 2.22. The van der Waals surface area contributed by atoms with Crippen molar-refractivity contribution in [3.05, 3.63) is 29.3 Å². The van der Waals surface area contributed by atoms with E-state index in [1.165, 1.54) is 31.5 Å². The Morgan fingerprint density at radius 1 is 1.41 bits per heavy atom. The van der Waals surface area contributed by atoms with Crippen molar-refractivity contribution in [2.75, 3.05) is 20.2 Å². The van der Waals surface area contributed by atoms with Gasteiger partial charge < -0.3 is 10.6 Å². The Balaban J connectivity index is 2.18. The van der Waals surface area contributed by atoms with Crippen molar-refractivity contribution in [2.45, 2.75) is 19.4 Å². The van der Waals surface area contributed by atoms with Crippen molar-refractivity contribution in [1.82, 2.24) is 4.90 Å². The number of hydrogen-bond donors (Lipinski definition) is 1. The Kier molecular flexibility index (Phi) is 3.98. The second-order valence-electron chi connectivity index (χ2n) is 4.33. The van der Waals surface area contributed by atoms with E-state index in [4.69, 9.17) is 10.6 Å². The third-order valence-electron chi connectivity index (χ3n) is 3.12. The molecule has 0 radical (unpaired) electrons. The molecule has 17 heavy (non-hydrogen) atoms. The van der Waals surface area contributed by atoms with Crippen LogP contribution in [0.1, 0.15) is 24.0 Å². The van der Waals surface area contributed by atoms with Crippen LogP contribution in [-0.2, 0) is 6.54 Å². The summed E-state index contributed by atoms with van der Waals surface area (Å²) in [5.74, 6) is 6.11. The number of likely N-dealkylation sites (tertiary alicyclic amines) is 1. The van der Waals surface area contributed by atoms with Gasteiger partial charge in [-0.1, -0.05) is 0 Å². The summed E-state index contributed by atoms with van der Waals surface area (Å²) in [7, 11) is 1.71. The Morgan fingerprint density at radius 3 is 2.82 bits per heavy atom. The largest absolute Gasteiger partial charge is 0.496 e. The van der Waals surface area contributed by atoms with Crippen LogP contribution in [0.2, 0.25) is 0 Å². The first-order chi connectivity index (χ1) is 8.33. The summed E-state index contributed by atoms with van der Waals surface area (Å²) in [6.45, 7) is 3.30. The summed E-state index contributed by atoms with van der Waals surface area (Å²) in [5, 5.41) is 3.55. The van der Waals surface area contributed by atoms with Crippen molar-refractivity contribution in [1.29, 1.82) is 0 Å². The van der Waals surface area contributed by atoms with Crippen molar-refractivity contribution >= 4 is 6.21 Å².